The molecule has 1 atom stereocenters. The highest BCUT2D eigenvalue weighted by molar-refractivity contribution is 5.92. The van der Waals surface area contributed by atoms with Crippen LogP contribution in [0.2, 0.25) is 0 Å². The van der Waals surface area contributed by atoms with Crippen LogP contribution in [0.15, 0.2) is 35.5 Å². The third kappa shape index (κ3) is 3.62. The minimum absolute atomic E-state index is 0.0274. The van der Waals surface area contributed by atoms with Crippen molar-refractivity contribution in [3.63, 3.8) is 0 Å². The van der Waals surface area contributed by atoms with Crippen molar-refractivity contribution in [1.29, 1.82) is 0 Å². The van der Waals surface area contributed by atoms with Crippen molar-refractivity contribution in [1.82, 2.24) is 30.0 Å². The van der Waals surface area contributed by atoms with Crippen LogP contribution in [0.25, 0.3) is 11.3 Å². The van der Waals surface area contributed by atoms with Crippen molar-refractivity contribution < 1.29 is 9.32 Å². The maximum absolute atomic E-state index is 12.7. The number of likely N-dealkylation sites (tertiary alicyclic amines) is 1. The molecule has 144 valence electrons. The van der Waals surface area contributed by atoms with Gasteiger partial charge in [-0.1, -0.05) is 5.16 Å². The molecule has 8 nitrogen and oxygen atoms in total. The lowest BCUT2D eigenvalue weighted by Gasteiger charge is -2.24. The Balaban J connectivity index is 1.46. The summed E-state index contributed by atoms with van der Waals surface area (Å²) in [5.41, 5.74) is 3.83. The molecule has 0 N–H and O–H groups in total. The number of carbonyl (C=O) groups excluding carboxylic acids is 1. The zero-order valence-electron chi connectivity index (χ0n) is 16.0. The molecule has 28 heavy (non-hydrogen) atoms. The highest BCUT2D eigenvalue weighted by atomic mass is 16.5. The quantitative estimate of drug-likeness (QED) is 0.673. The lowest BCUT2D eigenvalue weighted by Crippen LogP contribution is -2.36. The summed E-state index contributed by atoms with van der Waals surface area (Å²) in [4.78, 5) is 31.7. The molecule has 1 aliphatic heterocycles. The van der Waals surface area contributed by atoms with E-state index in [9.17, 15) is 4.79 Å². The Morgan fingerprint density at radius 3 is 2.93 bits per heavy atom. The second kappa shape index (κ2) is 7.84. The molecular formula is C20H22N6O2. The Labute approximate surface area is 163 Å². The van der Waals surface area contributed by atoms with Crippen LogP contribution >= 0.6 is 0 Å². The van der Waals surface area contributed by atoms with Gasteiger partial charge in [-0.15, -0.1) is 0 Å². The van der Waals surface area contributed by atoms with Crippen molar-refractivity contribution in [2.24, 2.45) is 0 Å². The van der Waals surface area contributed by atoms with Gasteiger partial charge in [0.1, 0.15) is 17.8 Å². The molecule has 8 heteroatoms. The van der Waals surface area contributed by atoms with Gasteiger partial charge in [0.05, 0.1) is 28.8 Å². The summed E-state index contributed by atoms with van der Waals surface area (Å²) >= 11 is 0. The van der Waals surface area contributed by atoms with E-state index in [2.05, 4.69) is 20.1 Å². The van der Waals surface area contributed by atoms with Crippen molar-refractivity contribution in [3.8, 4) is 11.3 Å². The fraction of sp³-hybridized carbons (Fsp3) is 0.400. The molecular weight excluding hydrogens is 356 g/mol. The standard InChI is InChI=1S/C20H22N6O2/c1-13-19(14(2)28-25-13)18-11-22-10-15(24-18)5-6-16-4-3-9-26(16)20(27)17-7-8-21-12-23-17/h7-8,10-12,16H,3-6,9H2,1-2H3. The van der Waals surface area contributed by atoms with E-state index in [1.807, 2.05) is 18.7 Å². The van der Waals surface area contributed by atoms with Crippen LogP contribution in [0.1, 0.15) is 46.9 Å². The van der Waals surface area contributed by atoms with E-state index in [-0.39, 0.29) is 11.9 Å². The number of aromatic nitrogens is 5. The highest BCUT2D eigenvalue weighted by Crippen LogP contribution is 2.26. The van der Waals surface area contributed by atoms with Crippen molar-refractivity contribution in [3.05, 3.63) is 53.8 Å². The fourth-order valence-electron chi connectivity index (χ4n) is 3.78. The van der Waals surface area contributed by atoms with Gasteiger partial charge in [0.2, 0.25) is 0 Å². The molecule has 0 radical (unpaired) electrons. The lowest BCUT2D eigenvalue weighted by molar-refractivity contribution is 0.0724. The van der Waals surface area contributed by atoms with Crippen LogP contribution in [-0.2, 0) is 6.42 Å². The summed E-state index contributed by atoms with van der Waals surface area (Å²) in [6.07, 6.45) is 10.1. The molecule has 0 aromatic carbocycles. The minimum Gasteiger partial charge on any atom is -0.361 e. The van der Waals surface area contributed by atoms with Crippen molar-refractivity contribution >= 4 is 5.91 Å². The predicted molar refractivity (Wildman–Crippen MR) is 101 cm³/mol. The summed E-state index contributed by atoms with van der Waals surface area (Å²) in [5, 5.41) is 3.99. The van der Waals surface area contributed by atoms with E-state index < -0.39 is 0 Å². The molecule has 0 spiro atoms. The average molecular weight is 378 g/mol. The molecule has 0 aliphatic carbocycles. The Morgan fingerprint density at radius 2 is 2.18 bits per heavy atom. The second-order valence-electron chi connectivity index (χ2n) is 7.02. The first kappa shape index (κ1) is 18.2. The Morgan fingerprint density at radius 1 is 1.29 bits per heavy atom. The van der Waals surface area contributed by atoms with Gasteiger partial charge in [-0.05, 0) is 45.6 Å². The van der Waals surface area contributed by atoms with Gasteiger partial charge in [-0.25, -0.2) is 15.0 Å². The number of rotatable bonds is 5. The summed E-state index contributed by atoms with van der Waals surface area (Å²) in [6.45, 7) is 4.53. The smallest absolute Gasteiger partial charge is 0.272 e. The van der Waals surface area contributed by atoms with Crippen LogP contribution < -0.4 is 0 Å². The summed E-state index contributed by atoms with van der Waals surface area (Å²) in [6, 6.07) is 1.85. The van der Waals surface area contributed by atoms with Gasteiger partial charge in [0.25, 0.3) is 5.91 Å². The Bertz CT molecular complexity index is 952. The third-order valence-corrected chi connectivity index (χ3v) is 5.15. The topological polar surface area (TPSA) is 97.9 Å². The zero-order chi connectivity index (χ0) is 19.5. The second-order valence-corrected chi connectivity index (χ2v) is 7.02. The number of amides is 1. The predicted octanol–water partition coefficient (Wildman–Crippen LogP) is 2.78. The van der Waals surface area contributed by atoms with Gasteiger partial charge < -0.3 is 9.42 Å². The first-order valence-corrected chi connectivity index (χ1v) is 9.44. The molecule has 1 aliphatic rings. The summed E-state index contributed by atoms with van der Waals surface area (Å²) < 4.78 is 5.24. The fourth-order valence-corrected chi connectivity index (χ4v) is 3.78. The van der Waals surface area contributed by atoms with Crippen molar-refractivity contribution in [2.45, 2.75) is 45.6 Å². The van der Waals surface area contributed by atoms with Crippen LogP contribution in [-0.4, -0.2) is 48.5 Å². The van der Waals surface area contributed by atoms with E-state index in [0.29, 0.717) is 5.69 Å². The molecule has 0 bridgehead atoms. The van der Waals surface area contributed by atoms with Gasteiger partial charge in [0, 0.05) is 25.0 Å². The molecule has 1 unspecified atom stereocenters. The Kier molecular flexibility index (Phi) is 5.10. The van der Waals surface area contributed by atoms with Gasteiger partial charge in [-0.3, -0.25) is 9.78 Å². The monoisotopic (exact) mass is 378 g/mol. The van der Waals surface area contributed by atoms with E-state index in [1.165, 1.54) is 6.33 Å². The maximum Gasteiger partial charge on any atom is 0.272 e. The zero-order valence-corrected chi connectivity index (χ0v) is 16.0. The number of hydrogen-bond acceptors (Lipinski definition) is 7. The number of aryl methyl sites for hydroxylation is 3. The molecule has 4 heterocycles. The molecule has 3 aromatic heterocycles. The maximum atomic E-state index is 12.7. The summed E-state index contributed by atoms with van der Waals surface area (Å²) in [5.74, 6) is 0.710. The highest BCUT2D eigenvalue weighted by Gasteiger charge is 2.29. The molecule has 4 rings (SSSR count). The largest absolute Gasteiger partial charge is 0.361 e. The molecule has 1 amide bonds. The van der Waals surface area contributed by atoms with Gasteiger partial charge in [0.15, 0.2) is 0 Å². The van der Waals surface area contributed by atoms with E-state index in [0.717, 1.165) is 60.6 Å². The SMILES string of the molecule is Cc1noc(C)c1-c1cncc(CCC2CCCN2C(=O)c2ccncn2)n1. The van der Waals surface area contributed by atoms with Crippen LogP contribution in [0.4, 0.5) is 0 Å². The first-order chi connectivity index (χ1) is 13.6. The molecule has 1 fully saturated rings. The number of carbonyl (C=O) groups is 1. The van der Waals surface area contributed by atoms with E-state index in [1.54, 1.807) is 24.7 Å². The molecule has 0 saturated carbocycles. The lowest BCUT2D eigenvalue weighted by atomic mass is 10.1. The molecule has 1 saturated heterocycles. The Hall–Kier alpha value is -3.16. The number of nitrogens with zero attached hydrogens (tertiary/aromatic N) is 6. The van der Waals surface area contributed by atoms with Crippen molar-refractivity contribution in [2.75, 3.05) is 6.54 Å². The minimum atomic E-state index is -0.0274. The van der Waals surface area contributed by atoms with Crippen LogP contribution in [0.5, 0.6) is 0 Å². The van der Waals surface area contributed by atoms with Gasteiger partial charge >= 0.3 is 0 Å². The third-order valence-electron chi connectivity index (χ3n) is 5.15. The van der Waals surface area contributed by atoms with Gasteiger partial charge in [-0.2, -0.15) is 0 Å². The van der Waals surface area contributed by atoms with E-state index >= 15 is 0 Å². The average Bonchev–Trinajstić information content (AvgIpc) is 3.33. The summed E-state index contributed by atoms with van der Waals surface area (Å²) in [7, 11) is 0. The van der Waals surface area contributed by atoms with Crippen LogP contribution in [0, 0.1) is 13.8 Å². The van der Waals surface area contributed by atoms with Crippen LogP contribution in [0.3, 0.4) is 0 Å². The normalized spacial score (nSPS) is 16.5. The number of hydrogen-bond donors (Lipinski definition) is 0. The molecule has 3 aromatic rings. The van der Waals surface area contributed by atoms with E-state index in [4.69, 9.17) is 9.51 Å². The first-order valence-electron chi connectivity index (χ1n) is 9.44.